The number of nitrogens with zero attached hydrogens (tertiary/aromatic N) is 4. The first-order chi connectivity index (χ1) is 10.6. The molecule has 0 unspecified atom stereocenters. The molecular formula is C14H13N5O3. The second kappa shape index (κ2) is 5.32. The maximum atomic E-state index is 11.8. The molecule has 0 aliphatic carbocycles. The number of aromatic nitrogens is 4. The summed E-state index contributed by atoms with van der Waals surface area (Å²) in [5.41, 5.74) is 7.05. The average Bonchev–Trinajstić information content (AvgIpc) is 2.90. The van der Waals surface area contributed by atoms with Crippen molar-refractivity contribution in [3.8, 4) is 5.75 Å². The van der Waals surface area contributed by atoms with Crippen LogP contribution in [0.15, 0.2) is 30.5 Å². The summed E-state index contributed by atoms with van der Waals surface area (Å²) in [4.78, 5) is 15.9. The van der Waals surface area contributed by atoms with Crippen LogP contribution in [0.5, 0.6) is 5.75 Å². The summed E-state index contributed by atoms with van der Waals surface area (Å²) in [5.74, 6) is -0.512. The van der Waals surface area contributed by atoms with E-state index in [1.165, 1.54) is 11.8 Å². The smallest absolute Gasteiger partial charge is 0.360 e. The summed E-state index contributed by atoms with van der Waals surface area (Å²) in [6, 6.07) is 6.87. The van der Waals surface area contributed by atoms with Gasteiger partial charge in [0.1, 0.15) is 11.3 Å². The van der Waals surface area contributed by atoms with Crippen LogP contribution in [0.1, 0.15) is 16.1 Å². The fourth-order valence-electron chi connectivity index (χ4n) is 2.26. The third-order valence-corrected chi connectivity index (χ3v) is 3.30. The lowest BCUT2D eigenvalue weighted by Crippen LogP contribution is -2.14. The molecule has 0 radical (unpaired) electrons. The second-order valence-electron chi connectivity index (χ2n) is 4.62. The second-order valence-corrected chi connectivity index (χ2v) is 4.62. The lowest BCUT2D eigenvalue weighted by molar-refractivity contribution is 0.0588. The Morgan fingerprint density at radius 3 is 3.00 bits per heavy atom. The molecule has 3 rings (SSSR count). The quantitative estimate of drug-likeness (QED) is 0.691. The van der Waals surface area contributed by atoms with Crippen molar-refractivity contribution >= 4 is 22.7 Å². The molecule has 8 nitrogen and oxygen atoms in total. The Morgan fingerprint density at radius 2 is 2.23 bits per heavy atom. The number of anilines is 1. The van der Waals surface area contributed by atoms with Crippen LogP contribution in [0.2, 0.25) is 0 Å². The molecule has 0 spiro atoms. The standard InChI is InChI=1S/C14H13N5O3/c1-22-14(21)12-13(15)17-18-19(12)7-8-4-5-10(20)11-9(8)3-2-6-16-11/h2-6,20H,7,15H2,1H3. The zero-order valence-electron chi connectivity index (χ0n) is 11.7. The topological polar surface area (TPSA) is 116 Å². The molecule has 22 heavy (non-hydrogen) atoms. The number of aromatic hydroxyl groups is 1. The van der Waals surface area contributed by atoms with Gasteiger partial charge in [-0.3, -0.25) is 4.98 Å². The minimum atomic E-state index is -0.608. The van der Waals surface area contributed by atoms with E-state index in [0.29, 0.717) is 5.52 Å². The van der Waals surface area contributed by atoms with Gasteiger partial charge in [-0.05, 0) is 17.7 Å². The van der Waals surface area contributed by atoms with Crippen molar-refractivity contribution in [2.45, 2.75) is 6.54 Å². The van der Waals surface area contributed by atoms with Gasteiger partial charge in [0, 0.05) is 11.6 Å². The fraction of sp³-hybridized carbons (Fsp3) is 0.143. The van der Waals surface area contributed by atoms with Crippen LogP contribution in [0.4, 0.5) is 5.82 Å². The third kappa shape index (κ3) is 2.20. The Kier molecular flexibility index (Phi) is 3.34. The number of hydrogen-bond acceptors (Lipinski definition) is 7. The Balaban J connectivity index is 2.09. The molecule has 0 aliphatic rings. The highest BCUT2D eigenvalue weighted by Crippen LogP contribution is 2.26. The normalized spacial score (nSPS) is 10.8. The predicted molar refractivity (Wildman–Crippen MR) is 78.3 cm³/mol. The number of benzene rings is 1. The highest BCUT2D eigenvalue weighted by Gasteiger charge is 2.20. The minimum absolute atomic E-state index is 0.00746. The van der Waals surface area contributed by atoms with Crippen LogP contribution in [0.3, 0.4) is 0 Å². The molecule has 0 amide bonds. The van der Waals surface area contributed by atoms with Gasteiger partial charge < -0.3 is 15.6 Å². The molecule has 8 heteroatoms. The van der Waals surface area contributed by atoms with Gasteiger partial charge in [0.15, 0.2) is 11.5 Å². The van der Waals surface area contributed by atoms with Gasteiger partial charge in [-0.15, -0.1) is 5.10 Å². The number of nitrogens with two attached hydrogens (primary N) is 1. The molecule has 3 aromatic rings. The van der Waals surface area contributed by atoms with Crippen LogP contribution in [-0.2, 0) is 11.3 Å². The van der Waals surface area contributed by atoms with E-state index in [0.717, 1.165) is 10.9 Å². The van der Waals surface area contributed by atoms with Gasteiger partial charge in [-0.2, -0.15) is 0 Å². The van der Waals surface area contributed by atoms with Gasteiger partial charge in [0.25, 0.3) is 0 Å². The lowest BCUT2D eigenvalue weighted by Gasteiger charge is -2.09. The van der Waals surface area contributed by atoms with Crippen LogP contribution in [0, 0.1) is 0 Å². The molecule has 0 saturated heterocycles. The van der Waals surface area contributed by atoms with E-state index in [-0.39, 0.29) is 23.8 Å². The summed E-state index contributed by atoms with van der Waals surface area (Å²) in [5, 5.41) is 18.2. The highest BCUT2D eigenvalue weighted by atomic mass is 16.5. The molecule has 0 fully saturated rings. The Hall–Kier alpha value is -3.16. The Labute approximate surface area is 125 Å². The van der Waals surface area contributed by atoms with Crippen LogP contribution < -0.4 is 5.73 Å². The number of hydrogen-bond donors (Lipinski definition) is 2. The number of carbonyl (C=O) groups is 1. The van der Waals surface area contributed by atoms with Crippen molar-refractivity contribution in [2.75, 3.05) is 12.8 Å². The van der Waals surface area contributed by atoms with Crippen molar-refractivity contribution in [1.29, 1.82) is 0 Å². The number of nitrogen functional groups attached to an aromatic ring is 1. The van der Waals surface area contributed by atoms with Crippen molar-refractivity contribution < 1.29 is 14.6 Å². The average molecular weight is 299 g/mol. The number of rotatable bonds is 3. The third-order valence-electron chi connectivity index (χ3n) is 3.30. The monoisotopic (exact) mass is 299 g/mol. The number of phenolic OH excluding ortho intramolecular Hbond substituents is 1. The first kappa shape index (κ1) is 13.8. The zero-order chi connectivity index (χ0) is 15.7. The van der Waals surface area contributed by atoms with Crippen LogP contribution in [0.25, 0.3) is 10.9 Å². The van der Waals surface area contributed by atoms with E-state index in [1.54, 1.807) is 24.4 Å². The molecular weight excluding hydrogens is 286 g/mol. The van der Waals surface area contributed by atoms with Gasteiger partial charge in [0.2, 0.25) is 0 Å². The number of ether oxygens (including phenoxy) is 1. The van der Waals surface area contributed by atoms with E-state index < -0.39 is 5.97 Å². The van der Waals surface area contributed by atoms with Gasteiger partial charge >= 0.3 is 5.97 Å². The highest BCUT2D eigenvalue weighted by molar-refractivity contribution is 5.92. The summed E-state index contributed by atoms with van der Waals surface area (Å²) >= 11 is 0. The summed E-state index contributed by atoms with van der Waals surface area (Å²) in [7, 11) is 1.26. The summed E-state index contributed by atoms with van der Waals surface area (Å²) in [6.45, 7) is 0.247. The van der Waals surface area contributed by atoms with Crippen LogP contribution >= 0.6 is 0 Å². The van der Waals surface area contributed by atoms with Crippen molar-refractivity contribution in [3.05, 3.63) is 41.7 Å². The first-order valence-electron chi connectivity index (χ1n) is 6.44. The number of carbonyl (C=O) groups excluding carboxylic acids is 1. The molecule has 0 saturated carbocycles. The number of esters is 1. The first-order valence-corrected chi connectivity index (χ1v) is 6.44. The molecule has 0 atom stereocenters. The maximum absolute atomic E-state index is 11.8. The van der Waals surface area contributed by atoms with Crippen LogP contribution in [-0.4, -0.2) is 38.2 Å². The number of phenols is 1. The largest absolute Gasteiger partial charge is 0.506 e. The van der Waals surface area contributed by atoms with Crippen molar-refractivity contribution in [1.82, 2.24) is 20.0 Å². The van der Waals surface area contributed by atoms with E-state index >= 15 is 0 Å². The molecule has 0 aliphatic heterocycles. The molecule has 2 heterocycles. The number of fused-ring (bicyclic) bond motifs is 1. The summed E-state index contributed by atoms with van der Waals surface area (Å²) in [6.07, 6.45) is 1.60. The van der Waals surface area contributed by atoms with E-state index in [4.69, 9.17) is 5.73 Å². The maximum Gasteiger partial charge on any atom is 0.360 e. The SMILES string of the molecule is COC(=O)c1c(N)nnn1Cc1ccc(O)c2ncccc12. The fourth-order valence-corrected chi connectivity index (χ4v) is 2.26. The van der Waals surface area contributed by atoms with Gasteiger partial charge in [-0.25, -0.2) is 9.48 Å². The lowest BCUT2D eigenvalue weighted by atomic mass is 10.1. The molecule has 0 bridgehead atoms. The molecule has 2 aromatic heterocycles. The van der Waals surface area contributed by atoms with E-state index in [2.05, 4.69) is 20.0 Å². The van der Waals surface area contributed by atoms with E-state index in [9.17, 15) is 9.90 Å². The predicted octanol–water partition coefficient (Wildman–Crippen LogP) is 0.949. The van der Waals surface area contributed by atoms with Gasteiger partial charge in [0.05, 0.1) is 13.7 Å². The number of pyridine rings is 1. The van der Waals surface area contributed by atoms with Gasteiger partial charge in [-0.1, -0.05) is 17.3 Å². The molecule has 112 valence electrons. The van der Waals surface area contributed by atoms with E-state index in [1.807, 2.05) is 6.07 Å². The summed E-state index contributed by atoms with van der Waals surface area (Å²) < 4.78 is 6.05. The minimum Gasteiger partial charge on any atom is -0.506 e. The Bertz CT molecular complexity index is 859. The number of methoxy groups -OCH3 is 1. The Morgan fingerprint density at radius 1 is 1.41 bits per heavy atom. The van der Waals surface area contributed by atoms with Crippen molar-refractivity contribution in [3.63, 3.8) is 0 Å². The zero-order valence-corrected chi connectivity index (χ0v) is 11.7. The molecule has 1 aromatic carbocycles. The van der Waals surface area contributed by atoms with Crippen molar-refractivity contribution in [2.24, 2.45) is 0 Å². The molecule has 3 N–H and O–H groups in total.